The van der Waals surface area contributed by atoms with Crippen molar-refractivity contribution in [3.63, 3.8) is 0 Å². The molecule has 0 saturated heterocycles. The first-order chi connectivity index (χ1) is 11.7. The highest BCUT2D eigenvalue weighted by atomic mass is 16.5. The lowest BCUT2D eigenvalue weighted by atomic mass is 9.90. The van der Waals surface area contributed by atoms with Crippen molar-refractivity contribution in [1.29, 1.82) is 0 Å². The van der Waals surface area contributed by atoms with Crippen LogP contribution in [-0.2, 0) is 6.42 Å². The van der Waals surface area contributed by atoms with Crippen LogP contribution in [0.5, 0.6) is 5.75 Å². The van der Waals surface area contributed by atoms with Gasteiger partial charge in [0.1, 0.15) is 5.75 Å². The molecule has 24 heavy (non-hydrogen) atoms. The highest BCUT2D eigenvalue weighted by Gasteiger charge is 2.29. The molecule has 2 aromatic carbocycles. The molecule has 1 atom stereocenters. The maximum Gasteiger partial charge on any atom is 0.119 e. The van der Waals surface area contributed by atoms with E-state index in [0.29, 0.717) is 6.04 Å². The van der Waals surface area contributed by atoms with Gasteiger partial charge < -0.3 is 15.0 Å². The van der Waals surface area contributed by atoms with Gasteiger partial charge in [-0.2, -0.15) is 0 Å². The van der Waals surface area contributed by atoms with Gasteiger partial charge >= 0.3 is 0 Å². The monoisotopic (exact) mass is 322 g/mol. The van der Waals surface area contributed by atoms with Crippen LogP contribution in [0.3, 0.4) is 0 Å². The highest BCUT2D eigenvalue weighted by Crippen LogP contribution is 2.40. The van der Waals surface area contributed by atoms with E-state index in [2.05, 4.69) is 47.6 Å². The van der Waals surface area contributed by atoms with E-state index < -0.39 is 0 Å². The zero-order valence-electron chi connectivity index (χ0n) is 14.6. The van der Waals surface area contributed by atoms with Gasteiger partial charge in [-0.15, -0.1) is 0 Å². The van der Waals surface area contributed by atoms with Crippen molar-refractivity contribution < 1.29 is 4.74 Å². The van der Waals surface area contributed by atoms with Crippen LogP contribution in [0.15, 0.2) is 42.5 Å². The average Bonchev–Trinajstić information content (AvgIpc) is 3.45. The maximum atomic E-state index is 5.26. The molecule has 1 heterocycles. The van der Waals surface area contributed by atoms with Gasteiger partial charge in [0.15, 0.2) is 0 Å². The van der Waals surface area contributed by atoms with Crippen LogP contribution >= 0.6 is 0 Å². The Balaban J connectivity index is 1.60. The molecule has 3 nitrogen and oxygen atoms in total. The number of nitrogens with one attached hydrogen (secondary N) is 1. The molecule has 0 aromatic heterocycles. The minimum absolute atomic E-state index is 0.533. The summed E-state index contributed by atoms with van der Waals surface area (Å²) in [7, 11) is 3.84. The number of anilines is 2. The van der Waals surface area contributed by atoms with Crippen molar-refractivity contribution in [2.24, 2.45) is 5.92 Å². The second-order valence-corrected chi connectivity index (χ2v) is 7.08. The van der Waals surface area contributed by atoms with Crippen molar-refractivity contribution in [3.05, 3.63) is 53.6 Å². The minimum atomic E-state index is 0.533. The van der Waals surface area contributed by atoms with E-state index >= 15 is 0 Å². The molecule has 1 saturated carbocycles. The molecule has 0 spiro atoms. The van der Waals surface area contributed by atoms with Crippen LogP contribution in [0.25, 0.3) is 0 Å². The lowest BCUT2D eigenvalue weighted by molar-refractivity contribution is 0.415. The molecular formula is C21H26N2O. The molecular weight excluding hydrogens is 296 g/mol. The third-order valence-electron chi connectivity index (χ3n) is 5.40. The maximum absolute atomic E-state index is 5.26. The van der Waals surface area contributed by atoms with Crippen LogP contribution in [0, 0.1) is 5.92 Å². The van der Waals surface area contributed by atoms with E-state index in [1.54, 1.807) is 7.11 Å². The number of methoxy groups -OCH3 is 1. The van der Waals surface area contributed by atoms with E-state index in [4.69, 9.17) is 4.74 Å². The van der Waals surface area contributed by atoms with E-state index in [0.717, 1.165) is 24.6 Å². The number of hydrogen-bond acceptors (Lipinski definition) is 3. The topological polar surface area (TPSA) is 24.5 Å². The van der Waals surface area contributed by atoms with E-state index in [1.165, 1.54) is 41.8 Å². The number of ether oxygens (including phenoxy) is 1. The van der Waals surface area contributed by atoms with Crippen molar-refractivity contribution in [1.82, 2.24) is 5.32 Å². The molecule has 0 amide bonds. The molecule has 0 radical (unpaired) electrons. The summed E-state index contributed by atoms with van der Waals surface area (Å²) in [6, 6.07) is 15.7. The van der Waals surface area contributed by atoms with Gasteiger partial charge in [-0.25, -0.2) is 0 Å². The van der Waals surface area contributed by atoms with E-state index in [9.17, 15) is 0 Å². The molecule has 3 heteroatoms. The third-order valence-corrected chi connectivity index (χ3v) is 5.40. The number of fused-ring (bicyclic) bond motifs is 1. The molecule has 0 bridgehead atoms. The Morgan fingerprint density at radius 3 is 2.54 bits per heavy atom. The molecule has 1 unspecified atom stereocenters. The first-order valence-corrected chi connectivity index (χ1v) is 8.98. The Morgan fingerprint density at radius 1 is 1.08 bits per heavy atom. The quantitative estimate of drug-likeness (QED) is 0.880. The van der Waals surface area contributed by atoms with Crippen molar-refractivity contribution >= 4 is 11.4 Å². The largest absolute Gasteiger partial charge is 0.497 e. The van der Waals surface area contributed by atoms with Gasteiger partial charge in [0.2, 0.25) is 0 Å². The second-order valence-electron chi connectivity index (χ2n) is 7.08. The molecule has 1 aliphatic heterocycles. The Morgan fingerprint density at radius 2 is 1.83 bits per heavy atom. The second kappa shape index (κ2) is 6.48. The Hall–Kier alpha value is -2.00. The van der Waals surface area contributed by atoms with Crippen molar-refractivity contribution in [2.75, 3.05) is 25.6 Å². The number of rotatable bonds is 5. The predicted molar refractivity (Wildman–Crippen MR) is 99.3 cm³/mol. The van der Waals surface area contributed by atoms with Gasteiger partial charge in [0.25, 0.3) is 0 Å². The lowest BCUT2D eigenvalue weighted by Crippen LogP contribution is -2.30. The van der Waals surface area contributed by atoms with Crippen molar-refractivity contribution in [2.45, 2.75) is 31.7 Å². The van der Waals surface area contributed by atoms with E-state index in [-0.39, 0.29) is 0 Å². The molecule has 126 valence electrons. The van der Waals surface area contributed by atoms with Gasteiger partial charge in [-0.05, 0) is 72.8 Å². The van der Waals surface area contributed by atoms with Crippen LogP contribution in [0.4, 0.5) is 11.4 Å². The standard InChI is InChI=1S/C21H26N2O/c1-23(17-7-9-19(24-2)10-8-17)18-6-5-16-11-12-22-21(20(16)14-18)13-15-3-4-15/h5-10,14-15,21-22H,3-4,11-13H2,1-2H3. The predicted octanol–water partition coefficient (Wildman–Crippen LogP) is 4.45. The molecule has 4 rings (SSSR count). The van der Waals surface area contributed by atoms with Crippen LogP contribution in [0.2, 0.25) is 0 Å². The zero-order valence-corrected chi connectivity index (χ0v) is 14.6. The van der Waals surface area contributed by atoms with Crippen LogP contribution < -0.4 is 15.0 Å². The first kappa shape index (κ1) is 15.5. The zero-order chi connectivity index (χ0) is 16.5. The number of nitrogens with zero attached hydrogens (tertiary/aromatic N) is 1. The molecule has 1 N–H and O–H groups in total. The summed E-state index contributed by atoms with van der Waals surface area (Å²) >= 11 is 0. The Labute approximate surface area is 144 Å². The van der Waals surface area contributed by atoms with Gasteiger partial charge in [0.05, 0.1) is 7.11 Å². The van der Waals surface area contributed by atoms with Crippen molar-refractivity contribution in [3.8, 4) is 5.75 Å². The smallest absolute Gasteiger partial charge is 0.119 e. The number of benzene rings is 2. The fraction of sp³-hybridized carbons (Fsp3) is 0.429. The minimum Gasteiger partial charge on any atom is -0.497 e. The lowest BCUT2D eigenvalue weighted by Gasteiger charge is -2.29. The molecule has 1 fully saturated rings. The van der Waals surface area contributed by atoms with Crippen LogP contribution in [0.1, 0.15) is 36.4 Å². The fourth-order valence-corrected chi connectivity index (χ4v) is 3.69. The fourth-order valence-electron chi connectivity index (χ4n) is 3.69. The Bertz CT molecular complexity index is 706. The average molecular weight is 322 g/mol. The normalized spacial score (nSPS) is 19.7. The highest BCUT2D eigenvalue weighted by molar-refractivity contribution is 5.64. The van der Waals surface area contributed by atoms with Gasteiger partial charge in [-0.1, -0.05) is 18.9 Å². The summed E-state index contributed by atoms with van der Waals surface area (Å²) in [6.45, 7) is 1.11. The summed E-state index contributed by atoms with van der Waals surface area (Å²) in [5.74, 6) is 1.84. The molecule has 1 aliphatic carbocycles. The summed E-state index contributed by atoms with van der Waals surface area (Å²) in [6.07, 6.45) is 5.27. The van der Waals surface area contributed by atoms with Crippen LogP contribution in [-0.4, -0.2) is 20.7 Å². The summed E-state index contributed by atoms with van der Waals surface area (Å²) in [4.78, 5) is 2.25. The molecule has 2 aliphatic rings. The Kier molecular flexibility index (Phi) is 4.19. The van der Waals surface area contributed by atoms with Gasteiger partial charge in [-0.3, -0.25) is 0 Å². The first-order valence-electron chi connectivity index (χ1n) is 8.98. The van der Waals surface area contributed by atoms with E-state index in [1.807, 2.05) is 12.1 Å². The SMILES string of the molecule is COc1ccc(N(C)c2ccc3c(c2)C(CC2CC2)NCC3)cc1. The summed E-state index contributed by atoms with van der Waals surface area (Å²) in [5, 5.41) is 3.73. The third kappa shape index (κ3) is 3.13. The number of hydrogen-bond donors (Lipinski definition) is 1. The summed E-state index contributed by atoms with van der Waals surface area (Å²) in [5.41, 5.74) is 5.46. The van der Waals surface area contributed by atoms with Gasteiger partial charge in [0, 0.05) is 24.5 Å². The molecule has 2 aromatic rings. The summed E-state index contributed by atoms with van der Waals surface area (Å²) < 4.78 is 5.26.